The predicted molar refractivity (Wildman–Crippen MR) is 49.9 cm³/mol. The number of hydrogen-bond acceptors (Lipinski definition) is 3. The highest BCUT2D eigenvalue weighted by Gasteiger charge is 2.15. The van der Waals surface area contributed by atoms with Crippen molar-refractivity contribution in [2.45, 2.75) is 25.5 Å². The Bertz CT molecular complexity index is 348. The number of hydrogen-bond donors (Lipinski definition) is 0. The maximum Gasteiger partial charge on any atom is 0.150 e. The van der Waals surface area contributed by atoms with E-state index in [1.165, 1.54) is 6.20 Å². The second-order valence-electron chi connectivity index (χ2n) is 3.19. The van der Waals surface area contributed by atoms with Crippen LogP contribution in [0, 0.1) is 0 Å². The van der Waals surface area contributed by atoms with Gasteiger partial charge in [0.15, 0.2) is 0 Å². The van der Waals surface area contributed by atoms with E-state index in [0.29, 0.717) is 5.69 Å². The quantitative estimate of drug-likeness (QED) is 0.411. The van der Waals surface area contributed by atoms with Crippen molar-refractivity contribution >= 4 is 5.69 Å². The first-order chi connectivity index (χ1) is 6.90. The Hall–Kier alpha value is -1.52. The zero-order chi connectivity index (χ0) is 9.80. The van der Waals surface area contributed by atoms with Gasteiger partial charge in [-0.05, 0) is 24.8 Å². The standard InChI is InChI=1S/C8H11N5O/c9-12-11-7-5-10-13(6-7)8-3-1-2-4-14-8/h5-6,8H,1-4H2. The van der Waals surface area contributed by atoms with Crippen molar-refractivity contribution in [2.24, 2.45) is 5.11 Å². The van der Waals surface area contributed by atoms with Gasteiger partial charge in [0.25, 0.3) is 0 Å². The predicted octanol–water partition coefficient (Wildman–Crippen LogP) is 2.52. The molecule has 14 heavy (non-hydrogen) atoms. The minimum Gasteiger partial charge on any atom is -0.357 e. The number of rotatable bonds is 2. The van der Waals surface area contributed by atoms with Crippen LogP contribution in [0.5, 0.6) is 0 Å². The van der Waals surface area contributed by atoms with Crippen molar-refractivity contribution in [2.75, 3.05) is 6.61 Å². The molecule has 1 aromatic rings. The van der Waals surface area contributed by atoms with Gasteiger partial charge in [-0.25, -0.2) is 4.68 Å². The molecule has 0 bridgehead atoms. The van der Waals surface area contributed by atoms with Crippen LogP contribution in [0.4, 0.5) is 5.69 Å². The van der Waals surface area contributed by atoms with E-state index in [2.05, 4.69) is 15.1 Å². The molecule has 0 N–H and O–H groups in total. The highest BCUT2D eigenvalue weighted by molar-refractivity contribution is 5.29. The second-order valence-corrected chi connectivity index (χ2v) is 3.19. The van der Waals surface area contributed by atoms with Gasteiger partial charge in [0, 0.05) is 17.7 Å². The van der Waals surface area contributed by atoms with Gasteiger partial charge in [-0.1, -0.05) is 5.11 Å². The third-order valence-electron chi connectivity index (χ3n) is 2.20. The summed E-state index contributed by atoms with van der Waals surface area (Å²) < 4.78 is 7.23. The van der Waals surface area contributed by atoms with E-state index in [9.17, 15) is 0 Å². The molecule has 2 rings (SSSR count). The Morgan fingerprint density at radius 1 is 1.64 bits per heavy atom. The van der Waals surface area contributed by atoms with Crippen LogP contribution in [0.25, 0.3) is 10.4 Å². The van der Waals surface area contributed by atoms with Gasteiger partial charge < -0.3 is 4.74 Å². The number of ether oxygens (including phenoxy) is 1. The summed E-state index contributed by atoms with van der Waals surface area (Å²) in [5.74, 6) is 0. The van der Waals surface area contributed by atoms with E-state index in [0.717, 1.165) is 25.9 Å². The minimum absolute atomic E-state index is 0.00592. The summed E-state index contributed by atoms with van der Waals surface area (Å²) >= 11 is 0. The lowest BCUT2D eigenvalue weighted by Gasteiger charge is -2.22. The molecule has 0 aromatic carbocycles. The zero-order valence-corrected chi connectivity index (χ0v) is 7.70. The average Bonchev–Trinajstić information content (AvgIpc) is 2.68. The molecule has 0 aliphatic carbocycles. The molecule has 6 nitrogen and oxygen atoms in total. The van der Waals surface area contributed by atoms with E-state index < -0.39 is 0 Å². The molecule has 1 aliphatic rings. The highest BCUT2D eigenvalue weighted by Crippen LogP contribution is 2.23. The fourth-order valence-corrected chi connectivity index (χ4v) is 1.52. The lowest BCUT2D eigenvalue weighted by molar-refractivity contribution is -0.0394. The first-order valence-corrected chi connectivity index (χ1v) is 4.61. The fraction of sp³-hybridized carbons (Fsp3) is 0.625. The Morgan fingerprint density at radius 2 is 2.57 bits per heavy atom. The van der Waals surface area contributed by atoms with Gasteiger partial charge in [0.2, 0.25) is 0 Å². The summed E-state index contributed by atoms with van der Waals surface area (Å²) in [4.78, 5) is 2.70. The second kappa shape index (κ2) is 4.13. The van der Waals surface area contributed by atoms with E-state index in [1.54, 1.807) is 10.9 Å². The molecule has 1 aromatic heterocycles. The Balaban J connectivity index is 2.10. The van der Waals surface area contributed by atoms with Crippen LogP contribution in [0.15, 0.2) is 17.5 Å². The van der Waals surface area contributed by atoms with Gasteiger partial charge in [-0.3, -0.25) is 0 Å². The van der Waals surface area contributed by atoms with Crippen molar-refractivity contribution in [1.29, 1.82) is 0 Å². The molecule has 1 aliphatic heterocycles. The zero-order valence-electron chi connectivity index (χ0n) is 7.70. The molecule has 6 heteroatoms. The van der Waals surface area contributed by atoms with Gasteiger partial charge in [-0.2, -0.15) is 5.10 Å². The first kappa shape index (κ1) is 9.05. The molecule has 74 valence electrons. The number of azide groups is 1. The van der Waals surface area contributed by atoms with Crippen LogP contribution < -0.4 is 0 Å². The van der Waals surface area contributed by atoms with Gasteiger partial charge in [-0.15, -0.1) is 0 Å². The Kier molecular flexibility index (Phi) is 2.67. The maximum atomic E-state index is 8.23. The first-order valence-electron chi connectivity index (χ1n) is 4.61. The molecule has 0 amide bonds. The number of aromatic nitrogens is 2. The van der Waals surface area contributed by atoms with Gasteiger partial charge in [0.1, 0.15) is 6.23 Å². The van der Waals surface area contributed by atoms with Crippen molar-refractivity contribution in [1.82, 2.24) is 9.78 Å². The van der Waals surface area contributed by atoms with Crippen LogP contribution in [-0.2, 0) is 4.74 Å². The van der Waals surface area contributed by atoms with Crippen LogP contribution in [0.2, 0.25) is 0 Å². The summed E-state index contributed by atoms with van der Waals surface area (Å²) in [5, 5.41) is 7.55. The van der Waals surface area contributed by atoms with Crippen LogP contribution >= 0.6 is 0 Å². The molecule has 0 spiro atoms. The van der Waals surface area contributed by atoms with Crippen molar-refractivity contribution in [3.8, 4) is 0 Å². The van der Waals surface area contributed by atoms with E-state index in [1.807, 2.05) is 0 Å². The minimum atomic E-state index is 0.00592. The molecular formula is C8H11N5O. The normalized spacial score (nSPS) is 21.6. The Morgan fingerprint density at radius 3 is 3.29 bits per heavy atom. The van der Waals surface area contributed by atoms with Gasteiger partial charge >= 0.3 is 0 Å². The Labute approximate surface area is 81.1 Å². The monoisotopic (exact) mass is 193 g/mol. The molecule has 1 saturated heterocycles. The topological polar surface area (TPSA) is 75.8 Å². The highest BCUT2D eigenvalue weighted by atomic mass is 16.5. The van der Waals surface area contributed by atoms with Gasteiger partial charge in [0.05, 0.1) is 11.9 Å². The molecule has 1 fully saturated rings. The van der Waals surface area contributed by atoms with E-state index >= 15 is 0 Å². The maximum absolute atomic E-state index is 8.23. The molecule has 1 unspecified atom stereocenters. The third-order valence-corrected chi connectivity index (χ3v) is 2.20. The van der Waals surface area contributed by atoms with Crippen LogP contribution in [-0.4, -0.2) is 16.4 Å². The molecular weight excluding hydrogens is 182 g/mol. The fourth-order valence-electron chi connectivity index (χ4n) is 1.52. The summed E-state index contributed by atoms with van der Waals surface area (Å²) in [5.41, 5.74) is 8.76. The van der Waals surface area contributed by atoms with E-state index in [-0.39, 0.29) is 6.23 Å². The number of nitrogens with zero attached hydrogens (tertiary/aromatic N) is 5. The molecule has 2 heterocycles. The van der Waals surface area contributed by atoms with Crippen molar-refractivity contribution in [3.05, 3.63) is 22.8 Å². The third kappa shape index (κ3) is 1.86. The largest absolute Gasteiger partial charge is 0.357 e. The average molecular weight is 193 g/mol. The summed E-state index contributed by atoms with van der Waals surface area (Å²) in [6.45, 7) is 0.779. The SMILES string of the molecule is [N-]=[N+]=Nc1cnn(C2CCCCO2)c1. The lowest BCUT2D eigenvalue weighted by atomic mass is 10.2. The van der Waals surface area contributed by atoms with Crippen molar-refractivity contribution in [3.63, 3.8) is 0 Å². The van der Waals surface area contributed by atoms with Crippen LogP contribution in [0.3, 0.4) is 0 Å². The molecule has 0 saturated carbocycles. The summed E-state index contributed by atoms with van der Waals surface area (Å²) in [6.07, 6.45) is 6.49. The molecule has 0 radical (unpaired) electrons. The summed E-state index contributed by atoms with van der Waals surface area (Å²) in [6, 6.07) is 0. The summed E-state index contributed by atoms with van der Waals surface area (Å²) in [7, 11) is 0. The molecule has 1 atom stereocenters. The lowest BCUT2D eigenvalue weighted by Crippen LogP contribution is -2.18. The van der Waals surface area contributed by atoms with E-state index in [4.69, 9.17) is 10.3 Å². The van der Waals surface area contributed by atoms with Crippen molar-refractivity contribution < 1.29 is 4.74 Å². The van der Waals surface area contributed by atoms with Crippen LogP contribution in [0.1, 0.15) is 25.5 Å². The smallest absolute Gasteiger partial charge is 0.150 e.